The van der Waals surface area contributed by atoms with Crippen molar-refractivity contribution in [2.75, 3.05) is 22.5 Å². The number of carbonyl (C=O) groups excluding carboxylic acids is 6. The summed E-state index contributed by atoms with van der Waals surface area (Å²) >= 11 is 1.57. The Morgan fingerprint density at radius 1 is 0.759 bits per heavy atom. The largest absolute Gasteiger partial charge is 0.416 e. The third kappa shape index (κ3) is 16.5. The number of amides is 6. The van der Waals surface area contributed by atoms with E-state index in [0.29, 0.717) is 46.4 Å². The number of carbonyl (C=O) groups is 6. The third-order valence-corrected chi connectivity index (χ3v) is 15.6. The zero-order chi connectivity index (χ0) is 59.4. The van der Waals surface area contributed by atoms with Crippen LogP contribution < -0.4 is 26.6 Å². The second-order valence-corrected chi connectivity index (χ2v) is 23.0. The smallest absolute Gasteiger partial charge is 0.391 e. The molecule has 0 bridgehead atoms. The van der Waals surface area contributed by atoms with Gasteiger partial charge in [-0.05, 0) is 103 Å². The van der Waals surface area contributed by atoms with Crippen molar-refractivity contribution in [3.05, 3.63) is 131 Å². The molecule has 22 heteroatoms. The summed E-state index contributed by atoms with van der Waals surface area (Å²) in [4.78, 5) is 86.2. The number of H-pyrrole nitrogens is 1. The number of alkyl halides is 3. The molecular weight excluding hydrogens is 1090 g/mol. The monoisotopic (exact) mass is 1160 g/mol. The number of halogens is 3. The molecule has 8 rings (SSSR count). The summed E-state index contributed by atoms with van der Waals surface area (Å²) in [5, 5.41) is 36.8. The van der Waals surface area contributed by atoms with Crippen LogP contribution in [0.2, 0.25) is 0 Å². The highest BCUT2D eigenvalue weighted by Crippen LogP contribution is 2.34. The number of nitrogens with zero attached hydrogens (tertiary/aromatic N) is 5. The summed E-state index contributed by atoms with van der Waals surface area (Å²) < 4.78 is 41.4. The van der Waals surface area contributed by atoms with Gasteiger partial charge in [-0.3, -0.25) is 38.5 Å². The van der Waals surface area contributed by atoms with Crippen molar-refractivity contribution in [1.29, 1.82) is 0 Å². The molecule has 0 unspecified atom stereocenters. The fourth-order valence-electron chi connectivity index (χ4n) is 10.00. The van der Waals surface area contributed by atoms with Crippen LogP contribution in [0.1, 0.15) is 124 Å². The number of β-amino-alcohol motifs (C(OH)–C–C–N with tert-alkyl or cyclic N) is 1. The van der Waals surface area contributed by atoms with Gasteiger partial charge in [0.25, 0.3) is 5.91 Å². The average molecular weight is 1160 g/mol. The fraction of sp³-hybridized carbons (Fsp3) is 0.393. The molecule has 18 nitrogen and oxygen atoms in total. The number of unbranched alkanes of at least 4 members (excludes halogenated alkanes) is 7. The molecule has 6 amide bonds. The molecule has 1 aliphatic rings. The van der Waals surface area contributed by atoms with Gasteiger partial charge in [-0.15, -0.1) is 11.3 Å². The number of aromatic amines is 1. The summed E-state index contributed by atoms with van der Waals surface area (Å²) in [6.07, 6.45) is 5.55. The standard InChI is InChI=1S/C61H70F3N11O7S/c1-37-16-24-45(29-48(37)61(62,63)64)69-53(79)35-74-33-43(32-67-74)42-23-27-47-49(28-42)72-73-56(47)71-57(80)41-21-25-44(26-22-41)68-51(77)14-12-10-8-6-7-9-11-13-15-52(78)70-55(60(3,4)5)59(82)75-34-46(76)30-50(75)58(81)65-31-39-17-19-40(20-18-39)54-38(2)66-36-83-54/h16-29,32-33,36,46,50,55,76H,6-15,30-31,34-35H2,1-5H3,(H,65,81)(H,68,77)(H,69,79)(H,70,78)(H2,71,72,73,80)/t46-,50+,55-/m1/s1. The Labute approximate surface area is 483 Å². The minimum absolute atomic E-state index is 0.00500. The van der Waals surface area contributed by atoms with Crippen LogP contribution in [0.4, 0.5) is 30.4 Å². The number of fused-ring (bicyclic) bond motifs is 1. The number of likely N-dealkylation sites (tertiary alicyclic amines) is 1. The average Bonchev–Trinajstić information content (AvgIpc) is 4.38. The van der Waals surface area contributed by atoms with Crippen LogP contribution >= 0.6 is 11.3 Å². The van der Waals surface area contributed by atoms with Gasteiger partial charge in [-0.25, -0.2) is 4.98 Å². The zero-order valence-corrected chi connectivity index (χ0v) is 47.9. The van der Waals surface area contributed by atoms with E-state index in [0.717, 1.165) is 78.3 Å². The Balaban J connectivity index is 0.685. The Hall–Kier alpha value is -8.24. The van der Waals surface area contributed by atoms with Gasteiger partial charge in [0.2, 0.25) is 29.5 Å². The van der Waals surface area contributed by atoms with E-state index in [4.69, 9.17) is 0 Å². The van der Waals surface area contributed by atoms with Gasteiger partial charge >= 0.3 is 6.18 Å². The van der Waals surface area contributed by atoms with E-state index in [9.17, 15) is 47.0 Å². The Kier molecular flexibility index (Phi) is 20.0. The number of hydrogen-bond donors (Lipinski definition) is 7. The van der Waals surface area contributed by atoms with E-state index in [2.05, 4.69) is 46.9 Å². The van der Waals surface area contributed by atoms with Gasteiger partial charge in [-0.1, -0.05) is 95.7 Å². The molecule has 4 aromatic carbocycles. The van der Waals surface area contributed by atoms with Crippen molar-refractivity contribution in [1.82, 2.24) is 40.5 Å². The predicted molar refractivity (Wildman–Crippen MR) is 313 cm³/mol. The number of thiazole rings is 1. The molecule has 3 atom stereocenters. The number of aromatic nitrogens is 5. The second kappa shape index (κ2) is 27.2. The summed E-state index contributed by atoms with van der Waals surface area (Å²) in [5.74, 6) is -1.75. The van der Waals surface area contributed by atoms with E-state index in [-0.39, 0.29) is 61.4 Å². The minimum atomic E-state index is -4.55. The molecule has 3 aromatic heterocycles. The Morgan fingerprint density at radius 3 is 2.07 bits per heavy atom. The highest BCUT2D eigenvalue weighted by Gasteiger charge is 2.44. The summed E-state index contributed by atoms with van der Waals surface area (Å²) in [6.45, 7) is 8.96. The first-order valence-electron chi connectivity index (χ1n) is 27.8. The lowest BCUT2D eigenvalue weighted by Gasteiger charge is -2.35. The quantitative estimate of drug-likeness (QED) is 0.0282. The number of anilines is 3. The number of rotatable bonds is 24. The molecule has 1 aliphatic heterocycles. The molecule has 7 aromatic rings. The van der Waals surface area contributed by atoms with Crippen molar-refractivity contribution in [3.8, 4) is 21.6 Å². The summed E-state index contributed by atoms with van der Waals surface area (Å²) in [6, 6.07) is 21.7. The fourth-order valence-corrected chi connectivity index (χ4v) is 10.8. The van der Waals surface area contributed by atoms with Crippen LogP contribution in [0.15, 0.2) is 103 Å². The molecule has 0 radical (unpaired) electrons. The molecule has 7 N–H and O–H groups in total. The number of benzene rings is 4. The SMILES string of the molecule is Cc1ccc(NC(=O)Cn2cc(-c3ccc4c(NC(=O)c5ccc(NC(=O)CCCCCCCCCCC(=O)N[C@H](C(=O)N6C[C@H](O)C[C@H]6C(=O)NCc6ccc(-c7scnc7C)cc6)C(C)(C)C)cc5)n[nH]c4c3)cn2)cc1C(F)(F)F. The minimum Gasteiger partial charge on any atom is -0.391 e. The van der Waals surface area contributed by atoms with Crippen molar-refractivity contribution in [2.45, 2.75) is 143 Å². The van der Waals surface area contributed by atoms with E-state index in [1.54, 1.807) is 60.1 Å². The first kappa shape index (κ1) is 60.8. The molecule has 0 spiro atoms. The maximum atomic E-state index is 14.0. The van der Waals surface area contributed by atoms with Crippen molar-refractivity contribution in [3.63, 3.8) is 0 Å². The molecular formula is C61H70F3N11O7S. The van der Waals surface area contributed by atoms with Crippen LogP contribution in [-0.2, 0) is 43.2 Å². The molecule has 0 saturated carbocycles. The van der Waals surface area contributed by atoms with Crippen molar-refractivity contribution in [2.24, 2.45) is 5.41 Å². The van der Waals surface area contributed by atoms with E-state index >= 15 is 0 Å². The third-order valence-electron chi connectivity index (χ3n) is 14.6. The van der Waals surface area contributed by atoms with Crippen LogP contribution in [0.5, 0.6) is 0 Å². The highest BCUT2D eigenvalue weighted by molar-refractivity contribution is 7.13. The van der Waals surface area contributed by atoms with Crippen molar-refractivity contribution < 1.29 is 47.0 Å². The molecule has 4 heterocycles. The van der Waals surface area contributed by atoms with Crippen molar-refractivity contribution >= 4 is 74.9 Å². The Bertz CT molecular complexity index is 3420. The molecule has 0 aliphatic carbocycles. The number of hydrogen-bond acceptors (Lipinski definition) is 11. The summed E-state index contributed by atoms with van der Waals surface area (Å²) in [7, 11) is 0. The maximum absolute atomic E-state index is 14.0. The molecule has 438 valence electrons. The van der Waals surface area contributed by atoms with Gasteiger partial charge in [0, 0.05) is 66.4 Å². The van der Waals surface area contributed by atoms with Gasteiger partial charge in [0.1, 0.15) is 18.6 Å². The van der Waals surface area contributed by atoms with Gasteiger partial charge in [-0.2, -0.15) is 23.4 Å². The van der Waals surface area contributed by atoms with E-state index in [1.807, 2.05) is 63.5 Å². The lowest BCUT2D eigenvalue weighted by Crippen LogP contribution is -2.57. The molecule has 83 heavy (non-hydrogen) atoms. The number of aryl methyl sites for hydroxylation is 2. The van der Waals surface area contributed by atoms with Crippen LogP contribution in [0.25, 0.3) is 32.5 Å². The topological polar surface area (TPSA) is 245 Å². The Morgan fingerprint density at radius 2 is 1.41 bits per heavy atom. The molecule has 1 fully saturated rings. The first-order valence-corrected chi connectivity index (χ1v) is 28.7. The predicted octanol–water partition coefficient (Wildman–Crippen LogP) is 10.7. The van der Waals surface area contributed by atoms with Gasteiger partial charge in [0.15, 0.2) is 5.82 Å². The lowest BCUT2D eigenvalue weighted by molar-refractivity contribution is -0.144. The summed E-state index contributed by atoms with van der Waals surface area (Å²) in [5.41, 5.74) is 6.27. The first-order chi connectivity index (χ1) is 39.6. The van der Waals surface area contributed by atoms with Crippen LogP contribution in [-0.4, -0.2) is 95.1 Å². The normalized spacial score (nSPS) is 14.8. The van der Waals surface area contributed by atoms with E-state index < -0.39 is 53.1 Å². The number of aliphatic hydroxyl groups excluding tert-OH is 1. The number of nitrogens with one attached hydrogen (secondary N) is 6. The van der Waals surface area contributed by atoms with Gasteiger partial charge < -0.3 is 36.6 Å². The number of aliphatic hydroxyl groups is 1. The van der Waals surface area contributed by atoms with Crippen LogP contribution in [0, 0.1) is 19.3 Å². The van der Waals surface area contributed by atoms with Gasteiger partial charge in [0.05, 0.1) is 39.5 Å². The molecule has 1 saturated heterocycles. The van der Waals surface area contributed by atoms with E-state index in [1.165, 1.54) is 28.6 Å². The zero-order valence-electron chi connectivity index (χ0n) is 47.1. The van der Waals surface area contributed by atoms with Crippen LogP contribution in [0.3, 0.4) is 0 Å². The lowest BCUT2D eigenvalue weighted by atomic mass is 9.85. The second-order valence-electron chi connectivity index (χ2n) is 22.2. The highest BCUT2D eigenvalue weighted by atomic mass is 32.1. The maximum Gasteiger partial charge on any atom is 0.416 e.